The Bertz CT molecular complexity index is 294. The molecule has 0 unspecified atom stereocenters. The summed E-state index contributed by atoms with van der Waals surface area (Å²) in [6.45, 7) is 20.7. The summed E-state index contributed by atoms with van der Waals surface area (Å²) >= 11 is 0. The van der Waals surface area contributed by atoms with Crippen LogP contribution in [0.25, 0.3) is 0 Å². The SMILES string of the molecule is CCN(CC)CCCNCCCNC1CC(C)(C)NC(C)(C)C1. The van der Waals surface area contributed by atoms with E-state index in [-0.39, 0.29) is 11.1 Å². The van der Waals surface area contributed by atoms with Crippen LogP contribution in [0, 0.1) is 0 Å². The first-order valence-electron chi connectivity index (χ1n) is 9.74. The summed E-state index contributed by atoms with van der Waals surface area (Å²) in [6.07, 6.45) is 4.91. The molecule has 0 spiro atoms. The molecule has 0 aromatic carbocycles. The summed E-state index contributed by atoms with van der Waals surface area (Å²) < 4.78 is 0. The Balaban J connectivity index is 2.05. The monoisotopic (exact) mass is 326 g/mol. The van der Waals surface area contributed by atoms with Crippen molar-refractivity contribution in [3.63, 3.8) is 0 Å². The highest BCUT2D eigenvalue weighted by Crippen LogP contribution is 2.28. The predicted molar refractivity (Wildman–Crippen MR) is 102 cm³/mol. The Labute approximate surface area is 145 Å². The first kappa shape index (κ1) is 20.9. The summed E-state index contributed by atoms with van der Waals surface area (Å²) in [6, 6.07) is 0.643. The Morgan fingerprint density at radius 3 is 2.04 bits per heavy atom. The van der Waals surface area contributed by atoms with Crippen LogP contribution >= 0.6 is 0 Å². The van der Waals surface area contributed by atoms with Gasteiger partial charge in [-0.15, -0.1) is 0 Å². The summed E-state index contributed by atoms with van der Waals surface area (Å²) in [7, 11) is 0. The summed E-state index contributed by atoms with van der Waals surface area (Å²) in [5.74, 6) is 0. The number of hydrogen-bond donors (Lipinski definition) is 3. The van der Waals surface area contributed by atoms with E-state index in [0.717, 1.165) is 19.6 Å². The topological polar surface area (TPSA) is 39.3 Å². The minimum absolute atomic E-state index is 0.238. The lowest BCUT2D eigenvalue weighted by Gasteiger charge is -2.46. The van der Waals surface area contributed by atoms with Crippen LogP contribution in [0.4, 0.5) is 0 Å². The summed E-state index contributed by atoms with van der Waals surface area (Å²) in [5, 5.41) is 11.1. The normalized spacial score (nSPS) is 21.0. The quantitative estimate of drug-likeness (QED) is 0.510. The molecule has 4 heteroatoms. The maximum atomic E-state index is 3.77. The fourth-order valence-electron chi connectivity index (χ4n) is 4.08. The first-order valence-corrected chi connectivity index (χ1v) is 9.74. The average Bonchev–Trinajstić information content (AvgIpc) is 2.42. The maximum absolute atomic E-state index is 3.77. The van der Waals surface area contributed by atoms with Crippen molar-refractivity contribution in [2.24, 2.45) is 0 Å². The van der Waals surface area contributed by atoms with Gasteiger partial charge in [-0.05, 0) is 92.6 Å². The van der Waals surface area contributed by atoms with Gasteiger partial charge < -0.3 is 20.9 Å². The van der Waals surface area contributed by atoms with E-state index in [1.165, 1.54) is 45.3 Å². The zero-order valence-electron chi connectivity index (χ0n) is 16.6. The number of piperidine rings is 1. The minimum atomic E-state index is 0.238. The zero-order valence-corrected chi connectivity index (χ0v) is 16.6. The molecule has 1 heterocycles. The molecule has 0 bridgehead atoms. The molecule has 0 saturated carbocycles. The third kappa shape index (κ3) is 9.04. The molecule has 138 valence electrons. The fourth-order valence-corrected chi connectivity index (χ4v) is 4.08. The molecule has 0 radical (unpaired) electrons. The standard InChI is InChI=1S/C19H42N4/c1-7-23(8-2)14-10-12-20-11-9-13-21-17-15-18(3,4)22-19(5,6)16-17/h17,20-22H,7-16H2,1-6H3. The maximum Gasteiger partial charge on any atom is 0.0144 e. The average molecular weight is 327 g/mol. The van der Waals surface area contributed by atoms with Gasteiger partial charge in [0.15, 0.2) is 0 Å². The van der Waals surface area contributed by atoms with Gasteiger partial charge >= 0.3 is 0 Å². The van der Waals surface area contributed by atoms with Crippen molar-refractivity contribution in [1.29, 1.82) is 0 Å². The highest BCUT2D eigenvalue weighted by atomic mass is 15.1. The van der Waals surface area contributed by atoms with Gasteiger partial charge in [-0.1, -0.05) is 13.8 Å². The molecule has 23 heavy (non-hydrogen) atoms. The van der Waals surface area contributed by atoms with Crippen LogP contribution < -0.4 is 16.0 Å². The second-order valence-electron chi connectivity index (χ2n) is 8.44. The lowest BCUT2D eigenvalue weighted by atomic mass is 9.79. The van der Waals surface area contributed by atoms with Gasteiger partial charge in [-0.25, -0.2) is 0 Å². The summed E-state index contributed by atoms with van der Waals surface area (Å²) in [4.78, 5) is 2.49. The van der Waals surface area contributed by atoms with E-state index < -0.39 is 0 Å². The van der Waals surface area contributed by atoms with Crippen molar-refractivity contribution in [2.45, 2.75) is 84.3 Å². The van der Waals surface area contributed by atoms with Crippen molar-refractivity contribution in [3.05, 3.63) is 0 Å². The van der Waals surface area contributed by atoms with Gasteiger partial charge in [0.05, 0.1) is 0 Å². The minimum Gasteiger partial charge on any atom is -0.317 e. The molecule has 0 aromatic heterocycles. The highest BCUT2D eigenvalue weighted by Gasteiger charge is 2.37. The highest BCUT2D eigenvalue weighted by molar-refractivity contribution is 4.99. The van der Waals surface area contributed by atoms with E-state index in [0.29, 0.717) is 6.04 Å². The van der Waals surface area contributed by atoms with E-state index in [4.69, 9.17) is 0 Å². The van der Waals surface area contributed by atoms with Crippen LogP contribution in [0.2, 0.25) is 0 Å². The molecule has 1 rings (SSSR count). The van der Waals surface area contributed by atoms with E-state index in [1.54, 1.807) is 0 Å². The van der Waals surface area contributed by atoms with Gasteiger partial charge in [0.2, 0.25) is 0 Å². The van der Waals surface area contributed by atoms with Gasteiger partial charge in [-0.2, -0.15) is 0 Å². The molecule has 0 atom stereocenters. The molecule has 0 amide bonds. The third-order valence-corrected chi connectivity index (χ3v) is 4.88. The Kier molecular flexibility index (Phi) is 9.06. The van der Waals surface area contributed by atoms with Crippen LogP contribution in [0.15, 0.2) is 0 Å². The van der Waals surface area contributed by atoms with Crippen LogP contribution in [-0.4, -0.2) is 61.3 Å². The molecule has 0 aromatic rings. The Morgan fingerprint density at radius 1 is 0.913 bits per heavy atom. The molecular formula is C19H42N4. The number of rotatable bonds is 11. The van der Waals surface area contributed by atoms with Crippen molar-refractivity contribution >= 4 is 0 Å². The third-order valence-electron chi connectivity index (χ3n) is 4.88. The number of hydrogen-bond acceptors (Lipinski definition) is 4. The largest absolute Gasteiger partial charge is 0.317 e. The van der Waals surface area contributed by atoms with Crippen LogP contribution in [-0.2, 0) is 0 Å². The lowest BCUT2D eigenvalue weighted by Crippen LogP contribution is -2.61. The lowest BCUT2D eigenvalue weighted by molar-refractivity contribution is 0.146. The van der Waals surface area contributed by atoms with Crippen LogP contribution in [0.5, 0.6) is 0 Å². The molecule has 1 saturated heterocycles. The Morgan fingerprint density at radius 2 is 1.48 bits per heavy atom. The first-order chi connectivity index (χ1) is 10.8. The second-order valence-corrected chi connectivity index (χ2v) is 8.44. The molecule has 1 fully saturated rings. The van der Waals surface area contributed by atoms with E-state index in [1.807, 2.05) is 0 Å². The predicted octanol–water partition coefficient (Wildman–Crippen LogP) is 2.60. The van der Waals surface area contributed by atoms with Crippen LogP contribution in [0.3, 0.4) is 0 Å². The van der Waals surface area contributed by atoms with Gasteiger partial charge in [0, 0.05) is 17.1 Å². The van der Waals surface area contributed by atoms with E-state index in [2.05, 4.69) is 62.4 Å². The summed E-state index contributed by atoms with van der Waals surface area (Å²) in [5.41, 5.74) is 0.476. The van der Waals surface area contributed by atoms with Gasteiger partial charge in [0.25, 0.3) is 0 Å². The zero-order chi connectivity index (χ0) is 17.3. The molecule has 1 aliphatic rings. The van der Waals surface area contributed by atoms with Crippen molar-refractivity contribution in [3.8, 4) is 0 Å². The van der Waals surface area contributed by atoms with Gasteiger partial charge in [-0.3, -0.25) is 0 Å². The van der Waals surface area contributed by atoms with E-state index in [9.17, 15) is 0 Å². The molecule has 0 aliphatic carbocycles. The van der Waals surface area contributed by atoms with Crippen molar-refractivity contribution < 1.29 is 0 Å². The molecule has 1 aliphatic heterocycles. The fraction of sp³-hybridized carbons (Fsp3) is 1.00. The molecule has 3 N–H and O–H groups in total. The Hall–Kier alpha value is -0.160. The molecular weight excluding hydrogens is 284 g/mol. The van der Waals surface area contributed by atoms with Crippen LogP contribution in [0.1, 0.15) is 67.2 Å². The number of nitrogens with zero attached hydrogens (tertiary/aromatic N) is 1. The second kappa shape index (κ2) is 9.97. The smallest absolute Gasteiger partial charge is 0.0144 e. The van der Waals surface area contributed by atoms with Crippen molar-refractivity contribution in [1.82, 2.24) is 20.9 Å². The molecule has 4 nitrogen and oxygen atoms in total. The van der Waals surface area contributed by atoms with Gasteiger partial charge in [0.1, 0.15) is 0 Å². The van der Waals surface area contributed by atoms with Crippen molar-refractivity contribution in [2.75, 3.05) is 39.3 Å². The van der Waals surface area contributed by atoms with E-state index >= 15 is 0 Å². The number of nitrogens with one attached hydrogen (secondary N) is 3.